The van der Waals surface area contributed by atoms with Crippen molar-refractivity contribution in [3.63, 3.8) is 0 Å². The molecule has 3 aromatic rings. The molecule has 3 rings (SSSR count). The largest absolute Gasteiger partial charge is 0.478 e. The third-order valence-corrected chi connectivity index (χ3v) is 5.20. The second kappa shape index (κ2) is 9.65. The summed E-state index contributed by atoms with van der Waals surface area (Å²) in [5.74, 6) is -0.911. The number of rotatable bonds is 7. The van der Waals surface area contributed by atoms with Crippen LogP contribution in [0, 0.1) is 0 Å². The van der Waals surface area contributed by atoms with E-state index >= 15 is 0 Å². The molecular formula is C23H19Cl2NO4. The van der Waals surface area contributed by atoms with E-state index in [0.717, 1.165) is 0 Å². The number of carboxylic acid groups (broad SMARTS) is 1. The molecule has 0 saturated carbocycles. The fraction of sp³-hybridized carbons (Fsp3) is 0.130. The number of amides is 1. The summed E-state index contributed by atoms with van der Waals surface area (Å²) in [6.07, 6.45) is -1.14. The Kier molecular flexibility index (Phi) is 6.98. The van der Waals surface area contributed by atoms with Gasteiger partial charge in [0.1, 0.15) is 5.75 Å². The van der Waals surface area contributed by atoms with Gasteiger partial charge in [-0.25, -0.2) is 4.79 Å². The molecule has 1 amide bonds. The molecule has 5 nitrogen and oxygen atoms in total. The zero-order chi connectivity index (χ0) is 21.7. The smallest absolute Gasteiger partial charge is 0.349 e. The minimum atomic E-state index is -1.14. The van der Waals surface area contributed by atoms with Gasteiger partial charge < -0.3 is 14.7 Å². The van der Waals surface area contributed by atoms with Gasteiger partial charge in [0, 0.05) is 33.8 Å². The van der Waals surface area contributed by atoms with Crippen LogP contribution in [0.25, 0.3) is 0 Å². The first kappa shape index (κ1) is 21.7. The van der Waals surface area contributed by atoms with Gasteiger partial charge in [-0.3, -0.25) is 4.79 Å². The molecule has 0 spiro atoms. The molecule has 0 aromatic heterocycles. The Balaban J connectivity index is 1.82. The summed E-state index contributed by atoms with van der Waals surface area (Å²) in [5, 5.41) is 10.5. The molecule has 0 bridgehead atoms. The number of anilines is 1. The van der Waals surface area contributed by atoms with Crippen molar-refractivity contribution < 1.29 is 19.4 Å². The molecule has 7 heteroatoms. The number of aliphatic carboxylic acids is 1. The van der Waals surface area contributed by atoms with Gasteiger partial charge >= 0.3 is 5.97 Å². The third kappa shape index (κ3) is 5.12. The Morgan fingerprint density at radius 2 is 1.53 bits per heavy atom. The summed E-state index contributed by atoms with van der Waals surface area (Å²) in [5.41, 5.74) is 1.79. The number of carbonyl (C=O) groups excluding carboxylic acids is 1. The van der Waals surface area contributed by atoms with E-state index in [2.05, 4.69) is 0 Å². The number of carboxylic acids is 1. The minimum absolute atomic E-state index is 0.188. The molecule has 0 aliphatic heterocycles. The first-order valence-electron chi connectivity index (χ1n) is 9.12. The Bertz CT molecular complexity index is 1020. The first-order valence-corrected chi connectivity index (χ1v) is 9.88. The van der Waals surface area contributed by atoms with Crippen LogP contribution in [-0.2, 0) is 16.1 Å². The Hall–Kier alpha value is -3.02. The highest BCUT2D eigenvalue weighted by Gasteiger charge is 2.22. The fourth-order valence-corrected chi connectivity index (χ4v) is 3.47. The predicted octanol–water partition coefficient (Wildman–Crippen LogP) is 5.75. The standard InChI is InChI=1S/C23H19Cl2NO4/c1-15(27)26(14-19-20(24)8-5-9-21(19)25)17-10-12-18(13-11-17)30-22(23(28)29)16-6-3-2-4-7-16/h2-13,22H,14H2,1H3,(H,28,29)/t22-/m0/s1. The highest BCUT2D eigenvalue weighted by atomic mass is 35.5. The molecule has 0 unspecified atom stereocenters. The summed E-state index contributed by atoms with van der Waals surface area (Å²) in [6, 6.07) is 20.5. The number of halogens is 2. The van der Waals surface area contributed by atoms with Crippen LogP contribution in [0.3, 0.4) is 0 Å². The highest BCUT2D eigenvalue weighted by molar-refractivity contribution is 6.36. The predicted molar refractivity (Wildman–Crippen MR) is 117 cm³/mol. The van der Waals surface area contributed by atoms with Crippen LogP contribution in [0.5, 0.6) is 5.75 Å². The zero-order valence-corrected chi connectivity index (χ0v) is 17.6. The normalized spacial score (nSPS) is 11.6. The number of benzene rings is 3. The summed E-state index contributed by atoms with van der Waals surface area (Å²) in [4.78, 5) is 25.4. The van der Waals surface area contributed by atoms with Crippen LogP contribution in [0.2, 0.25) is 10.0 Å². The number of ether oxygens (including phenoxy) is 1. The first-order chi connectivity index (χ1) is 14.4. The molecule has 0 aliphatic carbocycles. The van der Waals surface area contributed by atoms with E-state index in [9.17, 15) is 14.7 Å². The lowest BCUT2D eigenvalue weighted by Crippen LogP contribution is -2.28. The van der Waals surface area contributed by atoms with E-state index in [1.807, 2.05) is 0 Å². The summed E-state index contributed by atoms with van der Waals surface area (Å²) < 4.78 is 5.67. The molecule has 3 aromatic carbocycles. The molecule has 1 atom stereocenters. The SMILES string of the molecule is CC(=O)N(Cc1c(Cl)cccc1Cl)c1ccc(O[C@H](C(=O)O)c2ccccc2)cc1. The van der Waals surface area contributed by atoms with Gasteiger partial charge in [-0.05, 0) is 36.4 Å². The number of hydrogen-bond acceptors (Lipinski definition) is 3. The molecule has 0 saturated heterocycles. The van der Waals surface area contributed by atoms with Crippen LogP contribution in [0.4, 0.5) is 5.69 Å². The Morgan fingerprint density at radius 1 is 0.933 bits per heavy atom. The van der Waals surface area contributed by atoms with Crippen LogP contribution < -0.4 is 9.64 Å². The molecule has 30 heavy (non-hydrogen) atoms. The number of hydrogen-bond donors (Lipinski definition) is 1. The van der Waals surface area contributed by atoms with Crippen LogP contribution in [0.15, 0.2) is 72.8 Å². The van der Waals surface area contributed by atoms with Crippen LogP contribution >= 0.6 is 23.2 Å². The van der Waals surface area contributed by atoms with E-state index in [1.54, 1.807) is 72.8 Å². The van der Waals surface area contributed by atoms with Crippen LogP contribution in [-0.4, -0.2) is 17.0 Å². The van der Waals surface area contributed by atoms with Gasteiger partial charge in [-0.1, -0.05) is 59.6 Å². The second-order valence-electron chi connectivity index (χ2n) is 6.55. The lowest BCUT2D eigenvalue weighted by atomic mass is 10.1. The lowest BCUT2D eigenvalue weighted by molar-refractivity contribution is -0.145. The van der Waals surface area contributed by atoms with Crippen LogP contribution in [0.1, 0.15) is 24.2 Å². The minimum Gasteiger partial charge on any atom is -0.478 e. The van der Waals surface area contributed by atoms with Crippen molar-refractivity contribution in [2.45, 2.75) is 19.6 Å². The quantitative estimate of drug-likeness (QED) is 0.504. The van der Waals surface area contributed by atoms with Crippen molar-refractivity contribution in [1.82, 2.24) is 0 Å². The summed E-state index contributed by atoms with van der Waals surface area (Å²) in [7, 11) is 0. The summed E-state index contributed by atoms with van der Waals surface area (Å²) >= 11 is 12.5. The van der Waals surface area contributed by atoms with E-state index in [0.29, 0.717) is 32.6 Å². The van der Waals surface area contributed by atoms with Crippen molar-refractivity contribution in [2.75, 3.05) is 4.90 Å². The molecule has 154 valence electrons. The van der Waals surface area contributed by atoms with Crippen molar-refractivity contribution >= 4 is 40.8 Å². The van der Waals surface area contributed by atoms with E-state index in [-0.39, 0.29) is 12.5 Å². The highest BCUT2D eigenvalue weighted by Crippen LogP contribution is 2.30. The maximum absolute atomic E-state index is 12.2. The van der Waals surface area contributed by atoms with Gasteiger partial charge in [-0.2, -0.15) is 0 Å². The molecule has 1 N–H and O–H groups in total. The number of carbonyl (C=O) groups is 2. The summed E-state index contributed by atoms with van der Waals surface area (Å²) in [6.45, 7) is 1.65. The molecule has 0 fully saturated rings. The molecular weight excluding hydrogens is 425 g/mol. The van der Waals surface area contributed by atoms with Gasteiger partial charge in [0.05, 0.1) is 6.54 Å². The number of nitrogens with zero attached hydrogens (tertiary/aromatic N) is 1. The third-order valence-electron chi connectivity index (χ3n) is 4.49. The lowest BCUT2D eigenvalue weighted by Gasteiger charge is -2.23. The van der Waals surface area contributed by atoms with Crippen molar-refractivity contribution in [3.05, 3.63) is 94.0 Å². The van der Waals surface area contributed by atoms with Crippen molar-refractivity contribution in [3.8, 4) is 5.75 Å². The van der Waals surface area contributed by atoms with Gasteiger partial charge in [-0.15, -0.1) is 0 Å². The average molecular weight is 444 g/mol. The fourth-order valence-electron chi connectivity index (χ4n) is 2.96. The molecule has 0 radical (unpaired) electrons. The van der Waals surface area contributed by atoms with E-state index in [1.165, 1.54) is 11.8 Å². The Labute approximate surface area is 184 Å². The van der Waals surface area contributed by atoms with Crippen molar-refractivity contribution in [2.24, 2.45) is 0 Å². The van der Waals surface area contributed by atoms with Crippen molar-refractivity contribution in [1.29, 1.82) is 0 Å². The monoisotopic (exact) mass is 443 g/mol. The van der Waals surface area contributed by atoms with Gasteiger partial charge in [0.15, 0.2) is 0 Å². The van der Waals surface area contributed by atoms with E-state index in [4.69, 9.17) is 27.9 Å². The zero-order valence-electron chi connectivity index (χ0n) is 16.1. The van der Waals surface area contributed by atoms with E-state index < -0.39 is 12.1 Å². The van der Waals surface area contributed by atoms with Gasteiger partial charge in [0.2, 0.25) is 12.0 Å². The maximum Gasteiger partial charge on any atom is 0.349 e. The Morgan fingerprint density at radius 3 is 2.07 bits per heavy atom. The topological polar surface area (TPSA) is 66.8 Å². The second-order valence-corrected chi connectivity index (χ2v) is 7.36. The average Bonchev–Trinajstić information content (AvgIpc) is 2.72. The molecule has 0 aliphatic rings. The van der Waals surface area contributed by atoms with Gasteiger partial charge in [0.25, 0.3) is 0 Å². The maximum atomic E-state index is 12.2. The molecule has 0 heterocycles.